The minimum Gasteiger partial charge on any atom is -0.490 e. The third kappa shape index (κ3) is 3.64. The molecule has 6 heteroatoms. The summed E-state index contributed by atoms with van der Waals surface area (Å²) in [6.07, 6.45) is 4.35. The molecular formula is C14H19BrN2O3. The van der Waals surface area contributed by atoms with Crippen molar-refractivity contribution in [3.05, 3.63) is 28.2 Å². The van der Waals surface area contributed by atoms with Crippen LogP contribution in [0.2, 0.25) is 0 Å². The summed E-state index contributed by atoms with van der Waals surface area (Å²) in [5.41, 5.74) is 6.28. The molecule has 0 radical (unpaired) electrons. The Morgan fingerprint density at radius 1 is 1.40 bits per heavy atom. The lowest BCUT2D eigenvalue weighted by molar-refractivity contribution is 0.0209. The van der Waals surface area contributed by atoms with E-state index in [1.54, 1.807) is 13.2 Å². The molecule has 2 unspecified atom stereocenters. The van der Waals surface area contributed by atoms with Gasteiger partial charge in [-0.3, -0.25) is 0 Å². The van der Waals surface area contributed by atoms with Crippen LogP contribution in [-0.4, -0.2) is 30.4 Å². The van der Waals surface area contributed by atoms with Crippen molar-refractivity contribution in [1.29, 1.82) is 0 Å². The molecule has 3 N–H and O–H groups in total. The van der Waals surface area contributed by atoms with E-state index in [1.807, 2.05) is 12.1 Å². The normalized spacial score (nSPS) is 23.6. The van der Waals surface area contributed by atoms with Crippen LogP contribution >= 0.6 is 15.9 Å². The van der Waals surface area contributed by atoms with Gasteiger partial charge in [-0.2, -0.15) is 0 Å². The first-order valence-electron chi connectivity index (χ1n) is 6.61. The molecule has 2 atom stereocenters. The Hall–Kier alpha value is -1.27. The van der Waals surface area contributed by atoms with Gasteiger partial charge in [-0.25, -0.2) is 0 Å². The zero-order valence-electron chi connectivity index (χ0n) is 11.4. The molecule has 1 aliphatic carbocycles. The zero-order valence-corrected chi connectivity index (χ0v) is 13.0. The fourth-order valence-electron chi connectivity index (χ4n) is 2.46. The number of hydrogen-bond acceptors (Lipinski definition) is 4. The Morgan fingerprint density at radius 2 is 2.15 bits per heavy atom. The number of halogens is 1. The van der Waals surface area contributed by atoms with Crippen molar-refractivity contribution in [2.24, 2.45) is 10.9 Å². The van der Waals surface area contributed by atoms with E-state index in [0.29, 0.717) is 11.3 Å². The first kappa shape index (κ1) is 15.1. The largest absolute Gasteiger partial charge is 0.490 e. The van der Waals surface area contributed by atoms with Gasteiger partial charge in [-0.1, -0.05) is 21.1 Å². The lowest BCUT2D eigenvalue weighted by atomic mass is 9.95. The summed E-state index contributed by atoms with van der Waals surface area (Å²) in [5.74, 6) is 0.672. The quantitative estimate of drug-likeness (QED) is 0.381. The van der Waals surface area contributed by atoms with Gasteiger partial charge in [0.2, 0.25) is 0 Å². The van der Waals surface area contributed by atoms with Crippen LogP contribution in [-0.2, 0) is 4.74 Å². The van der Waals surface area contributed by atoms with Gasteiger partial charge in [0.1, 0.15) is 11.9 Å². The van der Waals surface area contributed by atoms with Crippen LogP contribution in [0.1, 0.15) is 31.2 Å². The molecule has 5 nitrogen and oxygen atoms in total. The summed E-state index contributed by atoms with van der Waals surface area (Å²) in [7, 11) is 1.73. The summed E-state index contributed by atoms with van der Waals surface area (Å²) >= 11 is 3.37. The fourth-order valence-corrected chi connectivity index (χ4v) is 2.82. The second kappa shape index (κ2) is 6.95. The van der Waals surface area contributed by atoms with Crippen molar-refractivity contribution in [1.82, 2.24) is 0 Å². The first-order valence-corrected chi connectivity index (χ1v) is 7.40. The smallest absolute Gasteiger partial charge is 0.173 e. The van der Waals surface area contributed by atoms with Crippen molar-refractivity contribution in [3.63, 3.8) is 0 Å². The van der Waals surface area contributed by atoms with Gasteiger partial charge < -0.3 is 20.4 Å². The summed E-state index contributed by atoms with van der Waals surface area (Å²) in [4.78, 5) is 0. The summed E-state index contributed by atoms with van der Waals surface area (Å²) in [6, 6.07) is 5.48. The highest BCUT2D eigenvalue weighted by Gasteiger charge is 2.24. The first-order chi connectivity index (χ1) is 9.63. The van der Waals surface area contributed by atoms with Crippen molar-refractivity contribution in [2.45, 2.75) is 37.9 Å². The topological polar surface area (TPSA) is 77.1 Å². The number of nitrogens with two attached hydrogens (primary N) is 1. The van der Waals surface area contributed by atoms with Crippen LogP contribution in [0.15, 0.2) is 27.8 Å². The van der Waals surface area contributed by atoms with Crippen LogP contribution in [0.4, 0.5) is 0 Å². The molecule has 0 bridgehead atoms. The van der Waals surface area contributed by atoms with Crippen LogP contribution in [0.3, 0.4) is 0 Å². The highest BCUT2D eigenvalue weighted by molar-refractivity contribution is 9.10. The highest BCUT2D eigenvalue weighted by atomic mass is 79.9. The standard InChI is InChI=1S/C14H19BrN2O3/c1-19-10-3-2-4-11(8-10)20-13-6-5-9(15)7-12(13)14(16)17-18/h5-7,10-11,18H,2-4,8H2,1H3,(H2,16,17). The lowest BCUT2D eigenvalue weighted by Gasteiger charge is -2.29. The Kier molecular flexibility index (Phi) is 5.25. The van der Waals surface area contributed by atoms with Gasteiger partial charge in [0, 0.05) is 18.0 Å². The van der Waals surface area contributed by atoms with Gasteiger partial charge in [0.25, 0.3) is 0 Å². The van der Waals surface area contributed by atoms with E-state index < -0.39 is 0 Å². The van der Waals surface area contributed by atoms with Gasteiger partial charge in [0.05, 0.1) is 11.7 Å². The van der Waals surface area contributed by atoms with E-state index in [0.717, 1.165) is 30.2 Å². The van der Waals surface area contributed by atoms with Gasteiger partial charge in [0.15, 0.2) is 5.84 Å². The third-order valence-corrected chi connectivity index (χ3v) is 4.02. The van der Waals surface area contributed by atoms with E-state index in [4.69, 9.17) is 20.4 Å². The number of rotatable bonds is 4. The number of nitrogens with zero attached hydrogens (tertiary/aromatic N) is 1. The van der Waals surface area contributed by atoms with E-state index in [2.05, 4.69) is 21.1 Å². The molecule has 0 saturated heterocycles. The molecule has 1 aromatic rings. The van der Waals surface area contributed by atoms with Crippen molar-refractivity contribution in [3.8, 4) is 5.75 Å². The molecule has 0 heterocycles. The summed E-state index contributed by atoms with van der Waals surface area (Å²) in [6.45, 7) is 0. The number of oxime groups is 1. The van der Waals surface area contributed by atoms with E-state index in [9.17, 15) is 0 Å². The average Bonchev–Trinajstić information content (AvgIpc) is 2.48. The Balaban J connectivity index is 2.16. The second-order valence-corrected chi connectivity index (χ2v) is 5.81. The molecule has 0 aromatic heterocycles. The highest BCUT2D eigenvalue weighted by Crippen LogP contribution is 2.29. The van der Waals surface area contributed by atoms with Gasteiger partial charge >= 0.3 is 0 Å². The number of amidine groups is 1. The van der Waals surface area contributed by atoms with E-state index >= 15 is 0 Å². The molecule has 0 aliphatic heterocycles. The van der Waals surface area contributed by atoms with E-state index in [-0.39, 0.29) is 18.0 Å². The Morgan fingerprint density at radius 3 is 2.85 bits per heavy atom. The maximum absolute atomic E-state index is 8.86. The monoisotopic (exact) mass is 342 g/mol. The van der Waals surface area contributed by atoms with Crippen LogP contribution in [0.25, 0.3) is 0 Å². The number of methoxy groups -OCH3 is 1. The van der Waals surface area contributed by atoms with Crippen LogP contribution in [0.5, 0.6) is 5.75 Å². The average molecular weight is 343 g/mol. The predicted molar refractivity (Wildman–Crippen MR) is 80.3 cm³/mol. The number of benzene rings is 1. The molecular weight excluding hydrogens is 324 g/mol. The summed E-state index contributed by atoms with van der Waals surface area (Å²) in [5, 5.41) is 11.9. The molecule has 110 valence electrons. The van der Waals surface area contributed by atoms with E-state index in [1.165, 1.54) is 0 Å². The predicted octanol–water partition coefficient (Wildman–Crippen LogP) is 2.88. The van der Waals surface area contributed by atoms with Crippen molar-refractivity contribution in [2.75, 3.05) is 7.11 Å². The molecule has 1 aliphatic rings. The zero-order chi connectivity index (χ0) is 14.5. The van der Waals surface area contributed by atoms with Gasteiger partial charge in [-0.15, -0.1) is 0 Å². The minimum atomic E-state index is 0.0420. The Labute approximate surface area is 126 Å². The van der Waals surface area contributed by atoms with Crippen molar-refractivity contribution < 1.29 is 14.7 Å². The molecule has 1 aromatic carbocycles. The van der Waals surface area contributed by atoms with Gasteiger partial charge in [-0.05, 0) is 37.5 Å². The minimum absolute atomic E-state index is 0.0420. The van der Waals surface area contributed by atoms with Crippen molar-refractivity contribution >= 4 is 21.8 Å². The maximum atomic E-state index is 8.86. The Bertz CT molecular complexity index is 493. The number of hydrogen-bond donors (Lipinski definition) is 2. The van der Waals surface area contributed by atoms with Crippen LogP contribution < -0.4 is 10.5 Å². The second-order valence-electron chi connectivity index (χ2n) is 4.89. The molecule has 20 heavy (non-hydrogen) atoms. The van der Waals surface area contributed by atoms with Crippen LogP contribution in [0, 0.1) is 0 Å². The molecule has 0 amide bonds. The molecule has 2 rings (SSSR count). The summed E-state index contributed by atoms with van der Waals surface area (Å²) < 4.78 is 12.3. The third-order valence-electron chi connectivity index (χ3n) is 3.53. The SMILES string of the molecule is COC1CCCC(Oc2ccc(Br)cc2/C(N)=N/O)C1. The number of ether oxygens (including phenoxy) is 2. The molecule has 1 fully saturated rings. The fraction of sp³-hybridized carbons (Fsp3) is 0.500. The molecule has 0 spiro atoms. The lowest BCUT2D eigenvalue weighted by Crippen LogP contribution is -2.30. The molecule has 1 saturated carbocycles. The maximum Gasteiger partial charge on any atom is 0.173 e.